The Morgan fingerprint density at radius 2 is 1.55 bits per heavy atom. The molecule has 20 heavy (non-hydrogen) atoms. The summed E-state index contributed by atoms with van der Waals surface area (Å²) in [5.41, 5.74) is 0.465. The van der Waals surface area contributed by atoms with Crippen LogP contribution in [-0.4, -0.2) is 18.6 Å². The third-order valence-corrected chi connectivity index (χ3v) is 2.67. The number of rotatable bonds is 5. The number of pyridine rings is 1. The molecule has 2 nitrogen and oxygen atoms in total. The first-order valence-corrected chi connectivity index (χ1v) is 5.87. The molecule has 0 saturated heterocycles. The van der Waals surface area contributed by atoms with E-state index in [-0.39, 0.29) is 51.4 Å². The first kappa shape index (κ1) is 17.7. The van der Waals surface area contributed by atoms with Crippen molar-refractivity contribution in [2.75, 3.05) is 6.61 Å². The van der Waals surface area contributed by atoms with Crippen LogP contribution in [0.1, 0.15) is 5.56 Å². The molecule has 1 aromatic carbocycles. The Hall–Kier alpha value is -0.339. The van der Waals surface area contributed by atoms with E-state index in [1.807, 2.05) is 12.1 Å². The number of aromatic nitrogens is 1. The van der Waals surface area contributed by atoms with E-state index < -0.39 is 12.4 Å². The van der Waals surface area contributed by atoms with Crippen LogP contribution in [-0.2, 0) is 6.42 Å². The quantitative estimate of drug-likeness (QED) is 0.712. The second kappa shape index (κ2) is 8.19. The van der Waals surface area contributed by atoms with Crippen LogP contribution < -0.4 is 61.6 Å². The fraction of sp³-hybridized carbons (Fsp3) is 0.154. The van der Waals surface area contributed by atoms with Crippen molar-refractivity contribution in [2.24, 2.45) is 0 Å². The Bertz CT molecular complexity index is 519. The average molecular weight is 305 g/mol. The molecule has 0 saturated carbocycles. The van der Waals surface area contributed by atoms with Gasteiger partial charge in [0.2, 0.25) is 0 Å². The van der Waals surface area contributed by atoms with Crippen LogP contribution in [0.3, 0.4) is 0 Å². The van der Waals surface area contributed by atoms with Crippen molar-refractivity contribution in [1.82, 2.24) is 4.98 Å². The van der Waals surface area contributed by atoms with E-state index in [0.29, 0.717) is 18.8 Å². The molecule has 0 spiro atoms. The predicted molar refractivity (Wildman–Crippen MR) is 68.6 cm³/mol. The molecule has 0 radical (unpaired) electrons. The molecule has 0 aliphatic heterocycles. The number of benzene rings is 1. The fourth-order valence-electron chi connectivity index (χ4n) is 1.62. The van der Waals surface area contributed by atoms with Gasteiger partial charge in [-0.2, -0.15) is 0 Å². The predicted octanol–water partition coefficient (Wildman–Crippen LogP) is -0.239. The topological polar surface area (TPSA) is 22.1 Å². The molecule has 0 bridgehead atoms. The molecule has 100 valence electrons. The van der Waals surface area contributed by atoms with Gasteiger partial charge >= 0.3 is 58.4 Å². The smallest absolute Gasteiger partial charge is 0.493 e. The summed E-state index contributed by atoms with van der Waals surface area (Å²) in [6, 6.07) is 8.52. The molecule has 0 aliphatic rings. The van der Waals surface area contributed by atoms with Gasteiger partial charge in [0.05, 0.1) is 6.61 Å². The normalized spacial score (nSPS) is 10.8. The van der Waals surface area contributed by atoms with E-state index in [2.05, 4.69) is 4.98 Å². The molecule has 0 atom stereocenters. The zero-order chi connectivity index (χ0) is 13.7. The number of hydrogen-bond acceptors (Lipinski definition) is 2. The largest absolute Gasteiger partial charge is 1.00 e. The van der Waals surface area contributed by atoms with E-state index >= 15 is 0 Å². The van der Waals surface area contributed by atoms with Crippen LogP contribution >= 0.6 is 0 Å². The number of halogens is 3. The average Bonchev–Trinajstić information content (AvgIpc) is 2.39. The molecule has 0 fully saturated rings. The summed E-state index contributed by atoms with van der Waals surface area (Å²) in [6.45, 7) is -4.52. The fourth-order valence-corrected chi connectivity index (χ4v) is 1.62. The van der Waals surface area contributed by atoms with Crippen molar-refractivity contribution in [3.8, 4) is 5.75 Å². The second-order valence-corrected chi connectivity index (χ2v) is 4.10. The van der Waals surface area contributed by atoms with Crippen LogP contribution in [0.25, 0.3) is 0 Å². The van der Waals surface area contributed by atoms with Gasteiger partial charge in [-0.3, -0.25) is 4.98 Å². The molecule has 1 aromatic heterocycles. The minimum Gasteiger partial charge on any atom is -0.493 e. The van der Waals surface area contributed by atoms with Gasteiger partial charge < -0.3 is 17.7 Å². The van der Waals surface area contributed by atoms with E-state index in [1.54, 1.807) is 12.4 Å². The van der Waals surface area contributed by atoms with E-state index in [0.717, 1.165) is 17.7 Å². The summed E-state index contributed by atoms with van der Waals surface area (Å²) in [5.74, 6) is 0.442. The van der Waals surface area contributed by atoms with Crippen molar-refractivity contribution in [1.29, 1.82) is 0 Å². The zero-order valence-corrected chi connectivity index (χ0v) is 14.2. The van der Waals surface area contributed by atoms with Gasteiger partial charge in [0, 0.05) is 18.8 Å². The third-order valence-electron chi connectivity index (χ3n) is 2.67. The van der Waals surface area contributed by atoms with Gasteiger partial charge in [0.25, 0.3) is 0 Å². The first-order chi connectivity index (χ1) is 9.05. The SMILES string of the molecule is F[B-](F)(F)c1ccc(OCCc2ccncc2)cc1.[K+]. The van der Waals surface area contributed by atoms with Crippen molar-refractivity contribution in [3.63, 3.8) is 0 Å². The molecule has 2 rings (SSSR count). The molecule has 0 aliphatic carbocycles. The van der Waals surface area contributed by atoms with Gasteiger partial charge in [0.1, 0.15) is 5.75 Å². The van der Waals surface area contributed by atoms with Crippen LogP contribution in [0.15, 0.2) is 48.8 Å². The maximum atomic E-state index is 12.4. The van der Waals surface area contributed by atoms with Crippen LogP contribution in [0.2, 0.25) is 0 Å². The van der Waals surface area contributed by atoms with Crippen molar-refractivity contribution in [2.45, 2.75) is 6.42 Å². The van der Waals surface area contributed by atoms with E-state index in [1.165, 1.54) is 12.1 Å². The zero-order valence-electron chi connectivity index (χ0n) is 11.1. The summed E-state index contributed by atoms with van der Waals surface area (Å²) >= 11 is 0. The van der Waals surface area contributed by atoms with Gasteiger partial charge in [-0.05, 0) is 29.8 Å². The summed E-state index contributed by atoms with van der Waals surface area (Å²) in [5, 5.41) is 0. The van der Waals surface area contributed by atoms with Gasteiger partial charge in [-0.1, -0.05) is 12.1 Å². The van der Waals surface area contributed by atoms with E-state index in [9.17, 15) is 12.9 Å². The molecule has 0 amide bonds. The summed E-state index contributed by atoms with van der Waals surface area (Å²) in [6.07, 6.45) is 4.07. The number of hydrogen-bond donors (Lipinski definition) is 0. The third kappa shape index (κ3) is 5.57. The van der Waals surface area contributed by atoms with Crippen LogP contribution in [0.4, 0.5) is 12.9 Å². The maximum absolute atomic E-state index is 12.4. The summed E-state index contributed by atoms with van der Waals surface area (Å²) in [7, 11) is 0. The molecule has 2 aromatic rings. The summed E-state index contributed by atoms with van der Waals surface area (Å²) in [4.78, 5) is 3.90. The van der Waals surface area contributed by atoms with Gasteiger partial charge in [-0.15, -0.1) is 5.46 Å². The van der Waals surface area contributed by atoms with E-state index in [4.69, 9.17) is 4.74 Å². The Balaban J connectivity index is 0.00000200. The van der Waals surface area contributed by atoms with Crippen molar-refractivity contribution < 1.29 is 69.1 Å². The molecule has 1 heterocycles. The molecule has 0 unspecified atom stereocenters. The second-order valence-electron chi connectivity index (χ2n) is 4.10. The standard InChI is InChI=1S/C13H12BF3NO.K/c15-14(16,17)12-1-3-13(4-2-12)19-10-7-11-5-8-18-9-6-11;/h1-6,8-9H,7,10H2;/q-1;+1. The maximum Gasteiger partial charge on any atom is 1.00 e. The Morgan fingerprint density at radius 1 is 0.950 bits per heavy atom. The molecule has 0 N–H and O–H groups in total. The van der Waals surface area contributed by atoms with Crippen molar-refractivity contribution >= 4 is 12.4 Å². The van der Waals surface area contributed by atoms with Crippen LogP contribution in [0.5, 0.6) is 5.75 Å². The minimum absolute atomic E-state index is 0. The number of nitrogens with zero attached hydrogens (tertiary/aromatic N) is 1. The van der Waals surface area contributed by atoms with Crippen LogP contribution in [0, 0.1) is 0 Å². The monoisotopic (exact) mass is 305 g/mol. The summed E-state index contributed by atoms with van der Waals surface area (Å²) < 4.78 is 42.6. The Morgan fingerprint density at radius 3 is 2.10 bits per heavy atom. The molecular weight excluding hydrogens is 293 g/mol. The molecule has 7 heteroatoms. The van der Waals surface area contributed by atoms with Gasteiger partial charge in [0.15, 0.2) is 0 Å². The first-order valence-electron chi connectivity index (χ1n) is 5.87. The Labute approximate surface area is 158 Å². The van der Waals surface area contributed by atoms with Gasteiger partial charge in [-0.25, -0.2) is 0 Å². The Kier molecular flexibility index (Phi) is 7.25. The van der Waals surface area contributed by atoms with Crippen molar-refractivity contribution in [3.05, 3.63) is 54.4 Å². The minimum atomic E-state index is -4.94. The molecular formula is C13H12BF3KNO. The number of ether oxygens (including phenoxy) is 1.